The number of carboxylic acids is 1. The molecule has 3 rings (SSSR count). The Kier molecular flexibility index (Phi) is 5.58. The predicted octanol–water partition coefficient (Wildman–Crippen LogP) is 2.19. The van der Waals surface area contributed by atoms with Crippen LogP contribution in [0.3, 0.4) is 0 Å². The highest BCUT2D eigenvalue weighted by Gasteiger charge is 2.34. The Bertz CT molecular complexity index is 801. The Hall–Kier alpha value is -2.38. The zero-order chi connectivity index (χ0) is 18.7. The van der Waals surface area contributed by atoms with E-state index in [2.05, 4.69) is 10.4 Å². The number of carbonyl (C=O) groups excluding carboxylic acids is 1. The van der Waals surface area contributed by atoms with Crippen LogP contribution >= 0.6 is 11.6 Å². The molecule has 8 heteroatoms. The number of hydrogen-bond donors (Lipinski definition) is 2. The minimum absolute atomic E-state index is 0.0360. The Morgan fingerprint density at radius 2 is 2.19 bits per heavy atom. The summed E-state index contributed by atoms with van der Waals surface area (Å²) >= 11 is 5.98. The molecule has 1 aliphatic rings. The average molecular weight is 377 g/mol. The molecule has 7 nitrogen and oxygen atoms in total. The molecule has 0 aliphatic heterocycles. The van der Waals surface area contributed by atoms with Gasteiger partial charge in [0, 0.05) is 23.3 Å². The Balaban J connectivity index is 1.55. The topological polar surface area (TPSA) is 87.5 Å². The van der Waals surface area contributed by atoms with Crippen molar-refractivity contribution >= 4 is 23.5 Å². The third kappa shape index (κ3) is 4.23. The number of halogens is 1. The van der Waals surface area contributed by atoms with E-state index < -0.39 is 5.97 Å². The number of nitrogens with one attached hydrogen (secondary N) is 1. The normalized spacial score (nSPS) is 19.2. The fourth-order valence-corrected chi connectivity index (χ4v) is 3.33. The number of benzene rings is 1. The molecule has 0 saturated heterocycles. The summed E-state index contributed by atoms with van der Waals surface area (Å²) in [6.45, 7) is 2.66. The van der Waals surface area contributed by atoms with Crippen molar-refractivity contribution in [2.45, 2.75) is 31.8 Å². The quantitative estimate of drug-likeness (QED) is 0.773. The number of nitrogens with zero attached hydrogens (tertiary/aromatic N) is 3. The van der Waals surface area contributed by atoms with Gasteiger partial charge in [-0.15, -0.1) is 0 Å². The maximum absolute atomic E-state index is 12.4. The molecule has 1 aliphatic carbocycles. The highest BCUT2D eigenvalue weighted by Crippen LogP contribution is 2.26. The first-order valence-electron chi connectivity index (χ1n) is 8.53. The van der Waals surface area contributed by atoms with Crippen molar-refractivity contribution in [2.75, 3.05) is 13.1 Å². The van der Waals surface area contributed by atoms with E-state index in [0.29, 0.717) is 17.1 Å². The third-order valence-electron chi connectivity index (χ3n) is 4.63. The van der Waals surface area contributed by atoms with Crippen molar-refractivity contribution in [2.24, 2.45) is 0 Å². The smallest absolute Gasteiger partial charge is 0.317 e. The summed E-state index contributed by atoms with van der Waals surface area (Å²) in [6, 6.07) is 7.50. The van der Waals surface area contributed by atoms with E-state index in [-0.39, 0.29) is 24.5 Å². The molecular weight excluding hydrogens is 356 g/mol. The second-order valence-corrected chi connectivity index (χ2v) is 6.84. The van der Waals surface area contributed by atoms with Crippen LogP contribution in [0.2, 0.25) is 5.02 Å². The number of amides is 1. The van der Waals surface area contributed by atoms with Crippen molar-refractivity contribution in [1.29, 1.82) is 0 Å². The lowest BCUT2D eigenvalue weighted by Gasteiger charge is -2.42. The fraction of sp³-hybridized carbons (Fsp3) is 0.389. The highest BCUT2D eigenvalue weighted by atomic mass is 35.5. The van der Waals surface area contributed by atoms with Crippen LogP contribution in [0.5, 0.6) is 0 Å². The van der Waals surface area contributed by atoms with Gasteiger partial charge >= 0.3 is 5.97 Å². The lowest BCUT2D eigenvalue weighted by atomic mass is 9.85. The molecule has 1 aromatic heterocycles. The van der Waals surface area contributed by atoms with Gasteiger partial charge in [0.1, 0.15) is 0 Å². The van der Waals surface area contributed by atoms with Crippen LogP contribution < -0.4 is 5.32 Å². The molecule has 1 aromatic carbocycles. The first-order chi connectivity index (χ1) is 12.5. The second kappa shape index (κ2) is 7.88. The molecule has 2 N–H and O–H groups in total. The van der Waals surface area contributed by atoms with E-state index in [4.69, 9.17) is 16.7 Å². The minimum atomic E-state index is -0.826. The SMILES string of the molecule is CCN(CC(=O)O)C1CC(NC(=O)c2cnn(-c3cccc(Cl)c3)c2)C1. The number of aromatic nitrogens is 2. The summed E-state index contributed by atoms with van der Waals surface area (Å²) in [5.74, 6) is -1.00. The summed E-state index contributed by atoms with van der Waals surface area (Å²) in [6.07, 6.45) is 4.71. The largest absolute Gasteiger partial charge is 0.480 e. The number of carbonyl (C=O) groups is 2. The van der Waals surface area contributed by atoms with Crippen LogP contribution in [0.15, 0.2) is 36.7 Å². The molecule has 1 amide bonds. The molecule has 26 heavy (non-hydrogen) atoms. The van der Waals surface area contributed by atoms with Crippen LogP contribution in [0.4, 0.5) is 0 Å². The molecular formula is C18H21ClN4O3. The van der Waals surface area contributed by atoms with E-state index in [1.165, 1.54) is 6.20 Å². The monoisotopic (exact) mass is 376 g/mol. The molecule has 1 saturated carbocycles. The van der Waals surface area contributed by atoms with Gasteiger partial charge in [-0.1, -0.05) is 24.6 Å². The molecule has 138 valence electrons. The average Bonchev–Trinajstić information content (AvgIpc) is 3.06. The van der Waals surface area contributed by atoms with Gasteiger partial charge in [0.25, 0.3) is 5.91 Å². The Morgan fingerprint density at radius 3 is 2.85 bits per heavy atom. The number of rotatable bonds is 7. The highest BCUT2D eigenvalue weighted by molar-refractivity contribution is 6.30. The summed E-state index contributed by atoms with van der Waals surface area (Å²) in [5.41, 5.74) is 1.26. The summed E-state index contributed by atoms with van der Waals surface area (Å²) in [4.78, 5) is 25.2. The van der Waals surface area contributed by atoms with Crippen molar-refractivity contribution < 1.29 is 14.7 Å². The maximum Gasteiger partial charge on any atom is 0.317 e. The van der Waals surface area contributed by atoms with Gasteiger partial charge in [-0.05, 0) is 37.6 Å². The van der Waals surface area contributed by atoms with Crippen molar-refractivity contribution in [1.82, 2.24) is 20.0 Å². The Labute approximate surface area is 156 Å². The van der Waals surface area contributed by atoms with Crippen molar-refractivity contribution in [3.05, 3.63) is 47.2 Å². The van der Waals surface area contributed by atoms with E-state index in [9.17, 15) is 9.59 Å². The van der Waals surface area contributed by atoms with Crippen LogP contribution in [0, 0.1) is 0 Å². The second-order valence-electron chi connectivity index (χ2n) is 6.41. The summed E-state index contributed by atoms with van der Waals surface area (Å²) < 4.78 is 1.61. The van der Waals surface area contributed by atoms with Gasteiger partial charge in [-0.3, -0.25) is 14.5 Å². The summed E-state index contributed by atoms with van der Waals surface area (Å²) in [5, 5.41) is 16.7. The lowest BCUT2D eigenvalue weighted by molar-refractivity contribution is -0.139. The van der Waals surface area contributed by atoms with Crippen LogP contribution in [0.1, 0.15) is 30.1 Å². The molecule has 1 fully saturated rings. The first kappa shape index (κ1) is 18.4. The minimum Gasteiger partial charge on any atom is -0.480 e. The van der Waals surface area contributed by atoms with Crippen LogP contribution in [0.25, 0.3) is 5.69 Å². The van der Waals surface area contributed by atoms with E-state index in [1.54, 1.807) is 23.0 Å². The van der Waals surface area contributed by atoms with E-state index >= 15 is 0 Å². The van der Waals surface area contributed by atoms with E-state index in [1.807, 2.05) is 24.0 Å². The molecule has 0 atom stereocenters. The lowest BCUT2D eigenvalue weighted by Crippen LogP contribution is -2.54. The van der Waals surface area contributed by atoms with Gasteiger partial charge in [0.15, 0.2) is 0 Å². The number of aliphatic carboxylic acids is 1. The molecule has 0 radical (unpaired) electrons. The van der Waals surface area contributed by atoms with Crippen molar-refractivity contribution in [3.63, 3.8) is 0 Å². The zero-order valence-electron chi connectivity index (χ0n) is 14.4. The van der Waals surface area contributed by atoms with Crippen LogP contribution in [-0.4, -0.2) is 56.8 Å². The number of carboxylic acid groups (broad SMARTS) is 1. The molecule has 2 aromatic rings. The van der Waals surface area contributed by atoms with Crippen LogP contribution in [-0.2, 0) is 4.79 Å². The maximum atomic E-state index is 12.4. The van der Waals surface area contributed by atoms with Gasteiger partial charge < -0.3 is 10.4 Å². The molecule has 0 unspecified atom stereocenters. The first-order valence-corrected chi connectivity index (χ1v) is 8.91. The summed E-state index contributed by atoms with van der Waals surface area (Å²) in [7, 11) is 0. The van der Waals surface area contributed by atoms with Gasteiger partial charge in [-0.25, -0.2) is 4.68 Å². The van der Waals surface area contributed by atoms with Gasteiger partial charge in [0.05, 0.1) is 24.0 Å². The van der Waals surface area contributed by atoms with E-state index in [0.717, 1.165) is 18.5 Å². The zero-order valence-corrected chi connectivity index (χ0v) is 15.2. The Morgan fingerprint density at radius 1 is 1.42 bits per heavy atom. The standard InChI is InChI=1S/C18H21ClN4O3/c1-2-22(11-17(24)25)16-7-14(8-16)21-18(26)12-9-20-23(10-12)15-5-3-4-13(19)6-15/h3-6,9-10,14,16H,2,7-8,11H2,1H3,(H,21,26)(H,24,25). The molecule has 0 bridgehead atoms. The van der Waals surface area contributed by atoms with Crippen molar-refractivity contribution in [3.8, 4) is 5.69 Å². The fourth-order valence-electron chi connectivity index (χ4n) is 3.15. The molecule has 1 heterocycles. The molecule has 0 spiro atoms. The predicted molar refractivity (Wildman–Crippen MR) is 97.7 cm³/mol. The van der Waals surface area contributed by atoms with Gasteiger partial charge in [0.2, 0.25) is 0 Å². The van der Waals surface area contributed by atoms with Gasteiger partial charge in [-0.2, -0.15) is 5.10 Å². The number of likely N-dealkylation sites (N-methyl/N-ethyl adjacent to an activating group) is 1. The third-order valence-corrected chi connectivity index (χ3v) is 4.86. The number of hydrogen-bond acceptors (Lipinski definition) is 4.